The number of nitrogens with zero attached hydrogens (tertiary/aromatic N) is 2. The zero-order valence-corrected chi connectivity index (χ0v) is 23.7. The number of anilines is 2. The molecule has 1 saturated heterocycles. The molecule has 4 aromatic rings. The minimum absolute atomic E-state index is 0.0134. The first-order chi connectivity index (χ1) is 18.7. The fourth-order valence-corrected chi connectivity index (χ4v) is 5.67. The van der Waals surface area contributed by atoms with Crippen LogP contribution in [0.2, 0.25) is 0 Å². The summed E-state index contributed by atoms with van der Waals surface area (Å²) in [5, 5.41) is 7.99. The lowest BCUT2D eigenvalue weighted by Crippen LogP contribution is -2.38. The van der Waals surface area contributed by atoms with E-state index in [0.717, 1.165) is 69.0 Å². The number of fused-ring (bicyclic) bond motifs is 1. The summed E-state index contributed by atoms with van der Waals surface area (Å²) >= 11 is 1.87. The third-order valence-corrected chi connectivity index (χ3v) is 8.06. The van der Waals surface area contributed by atoms with E-state index in [4.69, 9.17) is 0 Å². The standard InChI is InChI=1S/C32H34N4O2S/c1-21-9-11-23(32(2,3)4)19-29(21)35-31(38)34-27-14-12-24(25-7-5-6-8-26(25)27)22-10-13-28(33-20-22)30(37)36-15-17-39-18-16-36/h5-14,19-20H,15-18H2,1-4H3,(H2,34,35,38). The molecule has 0 spiro atoms. The van der Waals surface area contributed by atoms with E-state index in [9.17, 15) is 9.59 Å². The van der Waals surface area contributed by atoms with Gasteiger partial charge < -0.3 is 15.5 Å². The van der Waals surface area contributed by atoms with Gasteiger partial charge in [0.25, 0.3) is 5.91 Å². The third-order valence-electron chi connectivity index (χ3n) is 7.12. The molecule has 0 unspecified atom stereocenters. The molecule has 1 fully saturated rings. The highest BCUT2D eigenvalue weighted by atomic mass is 32.2. The maximum Gasteiger partial charge on any atom is 0.323 e. The highest BCUT2D eigenvalue weighted by Crippen LogP contribution is 2.33. The van der Waals surface area contributed by atoms with Crippen molar-refractivity contribution in [3.05, 3.63) is 89.7 Å². The molecule has 2 N–H and O–H groups in total. The van der Waals surface area contributed by atoms with Gasteiger partial charge in [-0.3, -0.25) is 9.78 Å². The van der Waals surface area contributed by atoms with Gasteiger partial charge in [0.2, 0.25) is 0 Å². The molecular weight excluding hydrogens is 504 g/mol. The Balaban J connectivity index is 1.38. The number of hydrogen-bond acceptors (Lipinski definition) is 4. The van der Waals surface area contributed by atoms with Gasteiger partial charge in [-0.25, -0.2) is 4.79 Å². The Morgan fingerprint density at radius 3 is 2.28 bits per heavy atom. The van der Waals surface area contributed by atoms with Crippen LogP contribution in [0.3, 0.4) is 0 Å². The zero-order valence-electron chi connectivity index (χ0n) is 22.9. The fraction of sp³-hybridized carbons (Fsp3) is 0.281. The lowest BCUT2D eigenvalue weighted by Gasteiger charge is -2.26. The number of hydrogen-bond donors (Lipinski definition) is 2. The molecule has 3 aromatic carbocycles. The maximum atomic E-state index is 13.1. The number of rotatable bonds is 4. The maximum absolute atomic E-state index is 13.1. The highest BCUT2D eigenvalue weighted by molar-refractivity contribution is 7.99. The van der Waals surface area contributed by atoms with Crippen molar-refractivity contribution < 1.29 is 9.59 Å². The normalized spacial score (nSPS) is 13.8. The Morgan fingerprint density at radius 2 is 1.59 bits per heavy atom. The summed E-state index contributed by atoms with van der Waals surface area (Å²) in [6.45, 7) is 9.99. The molecule has 0 saturated carbocycles. The predicted octanol–water partition coefficient (Wildman–Crippen LogP) is 7.34. The number of benzene rings is 3. The second-order valence-electron chi connectivity index (χ2n) is 10.9. The number of amides is 3. The van der Waals surface area contributed by atoms with Crippen LogP contribution in [-0.4, -0.2) is 46.4 Å². The van der Waals surface area contributed by atoms with E-state index in [1.165, 1.54) is 0 Å². The van der Waals surface area contributed by atoms with Gasteiger partial charge in [-0.2, -0.15) is 11.8 Å². The van der Waals surface area contributed by atoms with Gasteiger partial charge in [0.1, 0.15) is 5.69 Å². The molecule has 39 heavy (non-hydrogen) atoms. The minimum Gasteiger partial charge on any atom is -0.336 e. The number of nitrogens with one attached hydrogen (secondary N) is 2. The minimum atomic E-state index is -0.289. The van der Waals surface area contributed by atoms with Gasteiger partial charge in [-0.15, -0.1) is 0 Å². The summed E-state index contributed by atoms with van der Waals surface area (Å²) in [6, 6.07) is 21.5. The SMILES string of the molecule is Cc1ccc(C(C)(C)C)cc1NC(=O)Nc1ccc(-c2ccc(C(=O)N3CCSCC3)nc2)c2ccccc12. The first-order valence-electron chi connectivity index (χ1n) is 13.2. The monoisotopic (exact) mass is 538 g/mol. The van der Waals surface area contributed by atoms with E-state index in [0.29, 0.717) is 5.69 Å². The van der Waals surface area contributed by atoms with Gasteiger partial charge in [0, 0.05) is 47.4 Å². The van der Waals surface area contributed by atoms with E-state index in [1.54, 1.807) is 6.20 Å². The van der Waals surface area contributed by atoms with Crippen LogP contribution in [0.15, 0.2) is 72.9 Å². The molecule has 1 aliphatic rings. The Bertz CT molecular complexity index is 1520. The van der Waals surface area contributed by atoms with Gasteiger partial charge in [0.05, 0.1) is 5.69 Å². The van der Waals surface area contributed by atoms with Crippen molar-refractivity contribution in [1.29, 1.82) is 0 Å². The molecule has 6 nitrogen and oxygen atoms in total. The third kappa shape index (κ3) is 5.93. The van der Waals surface area contributed by atoms with E-state index in [1.807, 2.05) is 84.2 Å². The number of aryl methyl sites for hydroxylation is 1. The van der Waals surface area contributed by atoms with Crippen molar-refractivity contribution in [3.63, 3.8) is 0 Å². The number of carbonyl (C=O) groups excluding carboxylic acids is 2. The second-order valence-corrected chi connectivity index (χ2v) is 12.1. The summed E-state index contributed by atoms with van der Waals surface area (Å²) in [5.41, 5.74) is 6.05. The van der Waals surface area contributed by atoms with Crippen LogP contribution in [0, 0.1) is 6.92 Å². The van der Waals surface area contributed by atoms with Crippen molar-refractivity contribution in [2.24, 2.45) is 0 Å². The number of aromatic nitrogens is 1. The molecule has 0 radical (unpaired) electrons. The van der Waals surface area contributed by atoms with Crippen molar-refractivity contribution in [3.8, 4) is 11.1 Å². The Morgan fingerprint density at radius 1 is 0.872 bits per heavy atom. The van der Waals surface area contributed by atoms with Gasteiger partial charge >= 0.3 is 6.03 Å². The topological polar surface area (TPSA) is 74.3 Å². The lowest BCUT2D eigenvalue weighted by molar-refractivity contribution is 0.0766. The molecule has 2 heterocycles. The van der Waals surface area contributed by atoms with Crippen molar-refractivity contribution >= 4 is 45.8 Å². The summed E-state index contributed by atoms with van der Waals surface area (Å²) in [4.78, 5) is 32.3. The van der Waals surface area contributed by atoms with Crippen molar-refractivity contribution in [2.45, 2.75) is 33.1 Å². The van der Waals surface area contributed by atoms with Crippen molar-refractivity contribution in [1.82, 2.24) is 9.88 Å². The number of pyridine rings is 1. The molecular formula is C32H34N4O2S. The van der Waals surface area contributed by atoms with Crippen LogP contribution in [0.4, 0.5) is 16.2 Å². The Hall–Kier alpha value is -3.84. The average molecular weight is 539 g/mol. The number of urea groups is 1. The quantitative estimate of drug-likeness (QED) is 0.285. The fourth-order valence-electron chi connectivity index (χ4n) is 4.77. The van der Waals surface area contributed by atoms with Crippen LogP contribution in [0.5, 0.6) is 0 Å². The Labute approximate surface area is 234 Å². The second kappa shape index (κ2) is 11.1. The van der Waals surface area contributed by atoms with E-state index < -0.39 is 0 Å². The van der Waals surface area contributed by atoms with E-state index in [2.05, 4.69) is 42.5 Å². The summed E-state index contributed by atoms with van der Waals surface area (Å²) in [6.07, 6.45) is 1.76. The first-order valence-corrected chi connectivity index (χ1v) is 14.4. The van der Waals surface area contributed by atoms with Crippen LogP contribution < -0.4 is 10.6 Å². The molecule has 0 aliphatic carbocycles. The van der Waals surface area contributed by atoms with Crippen molar-refractivity contribution in [2.75, 3.05) is 35.2 Å². The van der Waals surface area contributed by atoms with Crippen LogP contribution in [0.25, 0.3) is 21.9 Å². The largest absolute Gasteiger partial charge is 0.336 e. The lowest BCUT2D eigenvalue weighted by atomic mass is 9.86. The molecule has 5 rings (SSSR count). The summed E-state index contributed by atoms with van der Waals surface area (Å²) in [7, 11) is 0. The summed E-state index contributed by atoms with van der Waals surface area (Å²) in [5.74, 6) is 1.93. The highest BCUT2D eigenvalue weighted by Gasteiger charge is 2.20. The number of carbonyl (C=O) groups is 2. The predicted molar refractivity (Wildman–Crippen MR) is 163 cm³/mol. The van der Waals surface area contributed by atoms with Gasteiger partial charge in [-0.1, -0.05) is 69.3 Å². The van der Waals surface area contributed by atoms with Crippen LogP contribution in [-0.2, 0) is 5.41 Å². The van der Waals surface area contributed by atoms with Crippen LogP contribution >= 0.6 is 11.8 Å². The molecule has 3 amide bonds. The smallest absolute Gasteiger partial charge is 0.323 e. The summed E-state index contributed by atoms with van der Waals surface area (Å²) < 4.78 is 0. The zero-order chi connectivity index (χ0) is 27.6. The van der Waals surface area contributed by atoms with Gasteiger partial charge in [-0.05, 0) is 52.6 Å². The van der Waals surface area contributed by atoms with Crippen LogP contribution in [0.1, 0.15) is 42.4 Å². The molecule has 7 heteroatoms. The molecule has 0 bridgehead atoms. The molecule has 1 aliphatic heterocycles. The number of thioether (sulfide) groups is 1. The molecule has 200 valence electrons. The Kier molecular flexibility index (Phi) is 7.62. The molecule has 1 aromatic heterocycles. The van der Waals surface area contributed by atoms with E-state index >= 15 is 0 Å². The average Bonchev–Trinajstić information content (AvgIpc) is 2.94. The molecule has 0 atom stereocenters. The first kappa shape index (κ1) is 26.8. The van der Waals surface area contributed by atoms with Gasteiger partial charge in [0.15, 0.2) is 0 Å². The van der Waals surface area contributed by atoms with E-state index in [-0.39, 0.29) is 17.4 Å².